The minimum Gasteiger partial charge on any atom is -0.506 e. The molecule has 31 heavy (non-hydrogen) atoms. The predicted molar refractivity (Wildman–Crippen MR) is 138 cm³/mol. The van der Waals surface area contributed by atoms with E-state index in [4.69, 9.17) is 16.6 Å². The van der Waals surface area contributed by atoms with Gasteiger partial charge < -0.3 is 10.0 Å². The Morgan fingerprint density at radius 3 is 2.58 bits per heavy atom. The van der Waals surface area contributed by atoms with E-state index in [1.807, 2.05) is 41.6 Å². The lowest BCUT2D eigenvalue weighted by Gasteiger charge is -2.28. The molecule has 8 heteroatoms. The lowest BCUT2D eigenvalue weighted by atomic mass is 10.1. The highest BCUT2D eigenvalue weighted by atomic mass is 127. The smallest absolute Gasteiger partial charge is 0.266 e. The van der Waals surface area contributed by atoms with E-state index in [2.05, 4.69) is 17.0 Å². The summed E-state index contributed by atoms with van der Waals surface area (Å²) in [6, 6.07) is 11.5. The van der Waals surface area contributed by atoms with Gasteiger partial charge in [-0.05, 0) is 103 Å². The maximum absolute atomic E-state index is 12.9. The van der Waals surface area contributed by atoms with Crippen molar-refractivity contribution in [2.24, 2.45) is 4.99 Å². The van der Waals surface area contributed by atoms with Crippen LogP contribution in [-0.4, -0.2) is 40.7 Å². The molecule has 0 aliphatic carbocycles. The van der Waals surface area contributed by atoms with E-state index >= 15 is 0 Å². The Hall–Kier alpha value is -1.71. The van der Waals surface area contributed by atoms with Gasteiger partial charge in [-0.2, -0.15) is 0 Å². The van der Waals surface area contributed by atoms with E-state index in [1.165, 1.54) is 36.7 Å². The van der Waals surface area contributed by atoms with Crippen molar-refractivity contribution >= 4 is 74.5 Å². The van der Waals surface area contributed by atoms with Crippen LogP contribution in [0.3, 0.4) is 0 Å². The van der Waals surface area contributed by atoms with Crippen LogP contribution in [0.4, 0.5) is 11.4 Å². The van der Waals surface area contributed by atoms with Gasteiger partial charge in [0.15, 0.2) is 5.17 Å². The number of phenols is 1. The van der Waals surface area contributed by atoms with Crippen LogP contribution in [0.15, 0.2) is 46.3 Å². The number of nitrogens with zero attached hydrogens (tertiary/aromatic N) is 3. The topological polar surface area (TPSA) is 56.1 Å². The summed E-state index contributed by atoms with van der Waals surface area (Å²) >= 11 is 9.47. The van der Waals surface area contributed by atoms with E-state index in [0.717, 1.165) is 18.8 Å². The van der Waals surface area contributed by atoms with Crippen LogP contribution in [0.25, 0.3) is 6.08 Å². The standard InChI is InChI=1S/C23H23ClIN3O2S/c1-2-28-22(30)20(13-15-12-16(24)14-19(25)21(15)29)31-23(28)26-17-6-8-18(9-7-17)27-10-4-3-5-11-27/h6-9,12-14,29H,2-5,10-11H2,1H3/b20-13-,26-23?. The minimum absolute atomic E-state index is 0.118. The number of phenolic OH excluding ortho intramolecular Hbond substituents is 1. The van der Waals surface area contributed by atoms with E-state index < -0.39 is 0 Å². The first-order chi connectivity index (χ1) is 15.0. The summed E-state index contributed by atoms with van der Waals surface area (Å²) in [6.45, 7) is 4.65. The Morgan fingerprint density at radius 2 is 1.90 bits per heavy atom. The van der Waals surface area contributed by atoms with Crippen LogP contribution in [-0.2, 0) is 4.79 Å². The maximum Gasteiger partial charge on any atom is 0.266 e. The Balaban J connectivity index is 1.59. The zero-order valence-corrected chi connectivity index (χ0v) is 20.9. The highest BCUT2D eigenvalue weighted by Gasteiger charge is 2.32. The number of likely N-dealkylation sites (N-methyl/N-ethyl adjacent to an activating group) is 1. The summed E-state index contributed by atoms with van der Waals surface area (Å²) in [7, 11) is 0. The monoisotopic (exact) mass is 567 g/mol. The van der Waals surface area contributed by atoms with Gasteiger partial charge in [0.1, 0.15) is 5.75 Å². The molecule has 0 bridgehead atoms. The van der Waals surface area contributed by atoms with Gasteiger partial charge in [-0.15, -0.1) is 0 Å². The van der Waals surface area contributed by atoms with Gasteiger partial charge in [-0.25, -0.2) is 4.99 Å². The van der Waals surface area contributed by atoms with Crippen LogP contribution in [0.5, 0.6) is 5.75 Å². The number of amides is 1. The number of aromatic hydroxyl groups is 1. The molecule has 0 radical (unpaired) electrons. The fourth-order valence-electron chi connectivity index (χ4n) is 3.71. The van der Waals surface area contributed by atoms with Crippen molar-refractivity contribution in [2.45, 2.75) is 26.2 Å². The lowest BCUT2D eigenvalue weighted by Crippen LogP contribution is -2.29. The summed E-state index contributed by atoms with van der Waals surface area (Å²) in [4.78, 5) is 22.2. The molecule has 4 rings (SSSR count). The second-order valence-corrected chi connectivity index (χ2v) is 10.1. The number of aliphatic imine (C=N–C) groups is 1. The number of amidine groups is 1. The quantitative estimate of drug-likeness (QED) is 0.350. The van der Waals surface area contributed by atoms with Crippen molar-refractivity contribution in [2.75, 3.05) is 24.5 Å². The van der Waals surface area contributed by atoms with E-state index in [0.29, 0.717) is 30.8 Å². The van der Waals surface area contributed by atoms with Crippen molar-refractivity contribution < 1.29 is 9.90 Å². The lowest BCUT2D eigenvalue weighted by molar-refractivity contribution is -0.122. The number of hydrogen-bond acceptors (Lipinski definition) is 5. The molecule has 5 nitrogen and oxygen atoms in total. The van der Waals surface area contributed by atoms with Crippen molar-refractivity contribution in [3.8, 4) is 5.75 Å². The van der Waals surface area contributed by atoms with Crippen LogP contribution in [0, 0.1) is 3.57 Å². The van der Waals surface area contributed by atoms with Gasteiger partial charge in [0.25, 0.3) is 5.91 Å². The van der Waals surface area contributed by atoms with Crippen LogP contribution >= 0.6 is 46.0 Å². The molecule has 2 aliphatic heterocycles. The van der Waals surface area contributed by atoms with E-state index in [1.54, 1.807) is 23.1 Å². The SMILES string of the molecule is CCN1C(=O)/C(=C/c2cc(Cl)cc(I)c2O)SC1=Nc1ccc(N2CCCCC2)cc1. The molecule has 2 aromatic rings. The second kappa shape index (κ2) is 9.83. The van der Waals surface area contributed by atoms with Crippen LogP contribution in [0.1, 0.15) is 31.7 Å². The molecule has 0 spiro atoms. The van der Waals surface area contributed by atoms with E-state index in [9.17, 15) is 9.90 Å². The fourth-order valence-corrected chi connectivity index (χ4v) is 5.82. The van der Waals surface area contributed by atoms with Crippen molar-refractivity contribution in [1.82, 2.24) is 4.90 Å². The number of carbonyl (C=O) groups excluding carboxylic acids is 1. The third-order valence-electron chi connectivity index (χ3n) is 5.34. The summed E-state index contributed by atoms with van der Waals surface area (Å²) in [5.74, 6) is -0.00166. The van der Waals surface area contributed by atoms with Gasteiger partial charge in [0.2, 0.25) is 0 Å². The number of benzene rings is 2. The fraction of sp³-hybridized carbons (Fsp3) is 0.304. The van der Waals surface area contributed by atoms with Crippen molar-refractivity contribution in [3.63, 3.8) is 0 Å². The number of carbonyl (C=O) groups is 1. The molecule has 2 saturated heterocycles. The van der Waals surface area contributed by atoms with Gasteiger partial charge in [-0.3, -0.25) is 9.69 Å². The molecule has 2 fully saturated rings. The van der Waals surface area contributed by atoms with Gasteiger partial charge in [0, 0.05) is 35.9 Å². The van der Waals surface area contributed by atoms with Crippen molar-refractivity contribution in [1.29, 1.82) is 0 Å². The Morgan fingerprint density at radius 1 is 1.19 bits per heavy atom. The first-order valence-electron chi connectivity index (χ1n) is 10.3. The molecular formula is C23H23ClIN3O2S. The molecule has 1 N–H and O–H groups in total. The summed E-state index contributed by atoms with van der Waals surface area (Å²) in [6.07, 6.45) is 5.47. The molecule has 0 saturated carbocycles. The highest BCUT2D eigenvalue weighted by Crippen LogP contribution is 2.37. The highest BCUT2D eigenvalue weighted by molar-refractivity contribution is 14.1. The number of piperidine rings is 1. The van der Waals surface area contributed by atoms with Crippen LogP contribution in [0.2, 0.25) is 5.02 Å². The predicted octanol–water partition coefficient (Wildman–Crippen LogP) is 6.26. The number of hydrogen-bond donors (Lipinski definition) is 1. The molecule has 2 aromatic carbocycles. The maximum atomic E-state index is 12.9. The average molecular weight is 568 g/mol. The number of thioether (sulfide) groups is 1. The Kier molecular flexibility index (Phi) is 7.13. The van der Waals surface area contributed by atoms with E-state index in [-0.39, 0.29) is 11.7 Å². The Bertz CT molecular complexity index is 1050. The van der Waals surface area contributed by atoms with Crippen LogP contribution < -0.4 is 4.90 Å². The molecule has 2 heterocycles. The Labute approximate surface area is 205 Å². The van der Waals surface area contributed by atoms with Gasteiger partial charge in [-0.1, -0.05) is 11.6 Å². The minimum atomic E-state index is -0.120. The molecule has 1 amide bonds. The largest absolute Gasteiger partial charge is 0.506 e. The second-order valence-electron chi connectivity index (χ2n) is 7.44. The number of rotatable bonds is 4. The number of halogens is 2. The number of anilines is 1. The molecular weight excluding hydrogens is 545 g/mol. The zero-order valence-electron chi connectivity index (χ0n) is 17.1. The third-order valence-corrected chi connectivity index (χ3v) is 7.39. The van der Waals surface area contributed by atoms with Crippen molar-refractivity contribution in [3.05, 3.63) is 55.5 Å². The first kappa shape index (κ1) is 22.5. The zero-order chi connectivity index (χ0) is 22.0. The molecule has 0 aromatic heterocycles. The first-order valence-corrected chi connectivity index (χ1v) is 12.6. The molecule has 0 atom stereocenters. The molecule has 0 unspecified atom stereocenters. The van der Waals surface area contributed by atoms with Gasteiger partial charge in [0.05, 0.1) is 14.2 Å². The normalized spacial score (nSPS) is 19.6. The summed E-state index contributed by atoms with van der Waals surface area (Å²) < 4.78 is 0.641. The molecule has 162 valence electrons. The summed E-state index contributed by atoms with van der Waals surface area (Å²) in [5.41, 5.74) is 2.56. The van der Waals surface area contributed by atoms with Gasteiger partial charge >= 0.3 is 0 Å². The summed E-state index contributed by atoms with van der Waals surface area (Å²) in [5, 5.41) is 11.5. The third kappa shape index (κ3) is 5.04. The molecule has 2 aliphatic rings. The average Bonchev–Trinajstić information content (AvgIpc) is 3.06.